The van der Waals surface area contributed by atoms with Gasteiger partial charge in [-0.15, -0.1) is 4.68 Å². The minimum absolute atomic E-state index is 0.00240. The molecule has 1 amide bonds. The van der Waals surface area contributed by atoms with Crippen molar-refractivity contribution in [3.8, 4) is 0 Å². The van der Waals surface area contributed by atoms with E-state index >= 15 is 0 Å². The van der Waals surface area contributed by atoms with Crippen LogP contribution in [-0.4, -0.2) is 29.2 Å². The number of aryl methyl sites for hydroxylation is 1. The molecule has 0 fully saturated rings. The van der Waals surface area contributed by atoms with Crippen molar-refractivity contribution in [3.63, 3.8) is 0 Å². The molecular weight excluding hydrogens is 330 g/mol. The molecule has 0 bridgehead atoms. The van der Waals surface area contributed by atoms with Crippen LogP contribution in [0.3, 0.4) is 0 Å². The third-order valence-corrected chi connectivity index (χ3v) is 3.91. The van der Waals surface area contributed by atoms with E-state index in [1.807, 2.05) is 61.5 Å². The highest BCUT2D eigenvalue weighted by Gasteiger charge is 2.27. The van der Waals surface area contributed by atoms with Crippen molar-refractivity contribution < 1.29 is 9.48 Å². The molecule has 1 aromatic heterocycles. The molecule has 2 aromatic carbocycles. The van der Waals surface area contributed by atoms with Crippen molar-refractivity contribution in [3.05, 3.63) is 87.3 Å². The normalized spacial score (nSPS) is 11.0. The first-order valence-electron chi connectivity index (χ1n) is 8.20. The van der Waals surface area contributed by atoms with Gasteiger partial charge in [-0.1, -0.05) is 70.5 Å². The number of benzene rings is 2. The highest BCUT2D eigenvalue weighted by atomic mass is 16.2. The van der Waals surface area contributed by atoms with E-state index in [-0.39, 0.29) is 5.69 Å². The summed E-state index contributed by atoms with van der Waals surface area (Å²) >= 11 is 0. The van der Waals surface area contributed by atoms with E-state index in [1.165, 1.54) is 11.7 Å². The fourth-order valence-electron chi connectivity index (χ4n) is 2.50. The molecule has 0 atom stereocenters. The second-order valence-electron chi connectivity index (χ2n) is 5.87. The van der Waals surface area contributed by atoms with Crippen molar-refractivity contribution in [1.82, 2.24) is 15.3 Å². The predicted octanol–water partition coefficient (Wildman–Crippen LogP) is 1.06. The molecule has 0 aliphatic carbocycles. The Kier molecular flexibility index (Phi) is 5.07. The molecule has 3 aromatic rings. The molecule has 1 heterocycles. The van der Waals surface area contributed by atoms with E-state index in [2.05, 4.69) is 15.6 Å². The van der Waals surface area contributed by atoms with Crippen LogP contribution < -0.4 is 15.6 Å². The Hall–Kier alpha value is -3.48. The van der Waals surface area contributed by atoms with Crippen LogP contribution in [0.4, 0.5) is 0 Å². The van der Waals surface area contributed by atoms with Crippen molar-refractivity contribution in [2.45, 2.75) is 13.5 Å². The minimum Gasteiger partial charge on any atom is -0.352 e. The van der Waals surface area contributed by atoms with Gasteiger partial charge in [0.15, 0.2) is 0 Å². The molecule has 7 heteroatoms. The van der Waals surface area contributed by atoms with Crippen LogP contribution in [0.2, 0.25) is 0 Å². The number of carbonyl (C=O) groups is 1. The lowest BCUT2D eigenvalue weighted by atomic mass is 10.2. The third kappa shape index (κ3) is 3.77. The van der Waals surface area contributed by atoms with Gasteiger partial charge >= 0.3 is 17.2 Å². The van der Waals surface area contributed by atoms with Gasteiger partial charge in [0.05, 0.1) is 6.21 Å². The average molecular weight is 350 g/mol. The molecule has 0 aliphatic heterocycles. The largest absolute Gasteiger partial charge is 0.432 e. The smallest absolute Gasteiger partial charge is 0.352 e. The number of hydrogen-bond acceptors (Lipinski definition) is 3. The molecule has 0 unspecified atom stereocenters. The Balaban J connectivity index is 1.97. The molecule has 0 radical (unpaired) electrons. The summed E-state index contributed by atoms with van der Waals surface area (Å²) in [6.45, 7) is 2.35. The number of amides is 1. The summed E-state index contributed by atoms with van der Waals surface area (Å²) in [5, 5.41) is 9.52. The lowest BCUT2D eigenvalue weighted by Crippen LogP contribution is -2.46. The molecule has 0 saturated heterocycles. The van der Waals surface area contributed by atoms with E-state index in [9.17, 15) is 9.59 Å². The first-order valence-corrected chi connectivity index (χ1v) is 8.20. The van der Waals surface area contributed by atoms with Gasteiger partial charge in [0, 0.05) is 11.8 Å². The molecule has 7 nitrogen and oxygen atoms in total. The zero-order chi connectivity index (χ0) is 18.5. The number of rotatable bonds is 5. The maximum Gasteiger partial charge on any atom is 0.432 e. The molecule has 0 aliphatic rings. The van der Waals surface area contributed by atoms with E-state index < -0.39 is 11.5 Å². The number of nitrogens with zero attached hydrogens (tertiary/aromatic N) is 3. The number of carbonyl (C=O) groups excluding carboxylic acids is 1. The van der Waals surface area contributed by atoms with E-state index in [0.717, 1.165) is 21.5 Å². The highest BCUT2D eigenvalue weighted by Crippen LogP contribution is 2.00. The van der Waals surface area contributed by atoms with Gasteiger partial charge < -0.3 is 5.32 Å². The fourth-order valence-corrected chi connectivity index (χ4v) is 2.50. The van der Waals surface area contributed by atoms with Gasteiger partial charge in [0.1, 0.15) is 6.54 Å². The van der Waals surface area contributed by atoms with Gasteiger partial charge in [-0.2, -0.15) is 0 Å². The first kappa shape index (κ1) is 17.3. The predicted molar refractivity (Wildman–Crippen MR) is 98.4 cm³/mol. The van der Waals surface area contributed by atoms with Crippen LogP contribution in [0.1, 0.15) is 27.2 Å². The molecular formula is C19H20N5O2+. The first-order chi connectivity index (χ1) is 12.6. The van der Waals surface area contributed by atoms with Crippen molar-refractivity contribution in [2.24, 2.45) is 5.10 Å². The number of aromatic amines is 1. The molecule has 3 rings (SSSR count). The standard InChI is InChI=1S/C19H19N5O2/c1-14-8-10-15(11-9-14)12-21-24-19(26)17(18(25)20-2)23(22-24)13-16-6-4-3-5-7-16/h3-12H,13H2,1-2H3,(H-,20,22,25,26)/p+1/b21-12-. The van der Waals surface area contributed by atoms with Crippen molar-refractivity contribution in [2.75, 3.05) is 7.05 Å². The van der Waals surface area contributed by atoms with Gasteiger partial charge in [0.25, 0.3) is 0 Å². The average Bonchev–Trinajstić information content (AvgIpc) is 2.96. The van der Waals surface area contributed by atoms with Crippen LogP contribution in [0, 0.1) is 6.92 Å². The van der Waals surface area contributed by atoms with E-state index in [4.69, 9.17) is 0 Å². The summed E-state index contributed by atoms with van der Waals surface area (Å²) in [5.74, 6) is -0.466. The highest BCUT2D eigenvalue weighted by molar-refractivity contribution is 5.90. The SMILES string of the molecule is CNC(=O)c1c(=O)n(/N=C\c2ccc(C)cc2)[nH][n+]1Cc1ccccc1. The minimum atomic E-state index is -0.511. The Morgan fingerprint density at radius 1 is 1.19 bits per heavy atom. The molecule has 0 spiro atoms. The third-order valence-electron chi connectivity index (χ3n) is 3.91. The van der Waals surface area contributed by atoms with E-state index in [0.29, 0.717) is 6.54 Å². The van der Waals surface area contributed by atoms with Crippen LogP contribution in [-0.2, 0) is 6.54 Å². The zero-order valence-corrected chi connectivity index (χ0v) is 14.6. The summed E-state index contributed by atoms with van der Waals surface area (Å²) in [7, 11) is 1.49. The number of H-pyrrole nitrogens is 1. The van der Waals surface area contributed by atoms with Crippen LogP contribution >= 0.6 is 0 Å². The number of nitrogens with one attached hydrogen (secondary N) is 2. The number of aromatic nitrogens is 3. The van der Waals surface area contributed by atoms with E-state index in [1.54, 1.807) is 6.21 Å². The lowest BCUT2D eigenvalue weighted by molar-refractivity contribution is -0.749. The Labute approximate surface area is 150 Å². The van der Waals surface area contributed by atoms with Gasteiger partial charge in [-0.25, -0.2) is 4.79 Å². The lowest BCUT2D eigenvalue weighted by Gasteiger charge is -1.99. The molecule has 26 heavy (non-hydrogen) atoms. The van der Waals surface area contributed by atoms with Gasteiger partial charge in [-0.3, -0.25) is 4.79 Å². The van der Waals surface area contributed by atoms with Gasteiger partial charge in [0.2, 0.25) is 0 Å². The summed E-state index contributed by atoms with van der Waals surface area (Å²) in [4.78, 5) is 25.8. The maximum absolute atomic E-state index is 12.6. The Bertz CT molecular complexity index is 985. The van der Waals surface area contributed by atoms with Crippen LogP contribution in [0.5, 0.6) is 0 Å². The summed E-state index contributed by atoms with van der Waals surface area (Å²) in [6.07, 6.45) is 1.57. The monoisotopic (exact) mass is 350 g/mol. The molecule has 0 saturated carbocycles. The van der Waals surface area contributed by atoms with Crippen molar-refractivity contribution in [1.29, 1.82) is 0 Å². The van der Waals surface area contributed by atoms with Crippen molar-refractivity contribution >= 4 is 12.1 Å². The fraction of sp³-hybridized carbons (Fsp3) is 0.158. The summed E-state index contributed by atoms with van der Waals surface area (Å²) in [6, 6.07) is 17.3. The second-order valence-corrected chi connectivity index (χ2v) is 5.87. The maximum atomic E-state index is 12.6. The quantitative estimate of drug-likeness (QED) is 0.533. The molecule has 2 N–H and O–H groups in total. The second kappa shape index (κ2) is 7.60. The summed E-state index contributed by atoms with van der Waals surface area (Å²) < 4.78 is 1.49. The zero-order valence-electron chi connectivity index (χ0n) is 14.6. The van der Waals surface area contributed by atoms with Gasteiger partial charge in [-0.05, 0) is 18.1 Å². The summed E-state index contributed by atoms with van der Waals surface area (Å²) in [5.41, 5.74) is 2.44. The van der Waals surface area contributed by atoms with Crippen LogP contribution in [0.25, 0.3) is 0 Å². The Morgan fingerprint density at radius 3 is 2.54 bits per heavy atom. The Morgan fingerprint density at radius 2 is 1.88 bits per heavy atom. The topological polar surface area (TPSA) is 83.1 Å². The molecule has 132 valence electrons. The number of hydrogen-bond donors (Lipinski definition) is 2. The van der Waals surface area contributed by atoms with Crippen LogP contribution in [0.15, 0.2) is 64.5 Å².